The molecule has 1 fully saturated rings. The van der Waals surface area contributed by atoms with E-state index in [2.05, 4.69) is 18.8 Å². The summed E-state index contributed by atoms with van der Waals surface area (Å²) in [6.45, 7) is 10.1. The van der Waals surface area contributed by atoms with Crippen LogP contribution in [0.1, 0.15) is 63.3 Å². The molecule has 9 nitrogen and oxygen atoms in total. The van der Waals surface area contributed by atoms with Gasteiger partial charge in [-0.05, 0) is 74.1 Å². The van der Waals surface area contributed by atoms with E-state index in [1.807, 2.05) is 48.9 Å². The van der Waals surface area contributed by atoms with Crippen molar-refractivity contribution >= 4 is 17.4 Å². The first-order chi connectivity index (χ1) is 20.3. The summed E-state index contributed by atoms with van der Waals surface area (Å²) in [7, 11) is 0. The third kappa shape index (κ3) is 6.15. The number of likely N-dealkylation sites (tertiary alicyclic amines) is 1. The Bertz CT molecular complexity index is 1460. The van der Waals surface area contributed by atoms with E-state index in [0.29, 0.717) is 67.7 Å². The number of carbonyl (C=O) groups is 2. The van der Waals surface area contributed by atoms with Gasteiger partial charge in [0.05, 0.1) is 31.2 Å². The molecule has 1 amide bonds. The Morgan fingerprint density at radius 1 is 1.12 bits per heavy atom. The lowest BCUT2D eigenvalue weighted by molar-refractivity contribution is -0.139. The molecule has 1 aromatic heterocycles. The number of nitrogens with zero attached hydrogens (tertiary/aromatic N) is 3. The van der Waals surface area contributed by atoms with Crippen molar-refractivity contribution in [3.63, 3.8) is 0 Å². The number of amides is 1. The van der Waals surface area contributed by atoms with E-state index in [0.717, 1.165) is 17.7 Å². The molecule has 1 saturated heterocycles. The first kappa shape index (κ1) is 29.2. The molecule has 2 aliphatic heterocycles. The average Bonchev–Trinajstić information content (AvgIpc) is 3.67. The fraction of sp³-hybridized carbons (Fsp3) is 0.424. The second-order valence-electron chi connectivity index (χ2n) is 11.3. The van der Waals surface area contributed by atoms with E-state index in [-0.39, 0.29) is 17.4 Å². The molecule has 0 bridgehead atoms. The van der Waals surface area contributed by atoms with Crippen LogP contribution in [0.15, 0.2) is 60.7 Å². The summed E-state index contributed by atoms with van der Waals surface area (Å²) in [5, 5.41) is 11.6. The highest BCUT2D eigenvalue weighted by Crippen LogP contribution is 2.43. The molecule has 2 aliphatic rings. The van der Waals surface area contributed by atoms with Gasteiger partial charge in [-0.25, -0.2) is 4.98 Å². The number of aryl methyl sites for hydroxylation is 1. The number of ether oxygens (including phenoxy) is 3. The Balaban J connectivity index is 1.53. The highest BCUT2D eigenvalue weighted by Gasteiger charge is 2.46. The predicted octanol–water partition coefficient (Wildman–Crippen LogP) is 5.54. The molecule has 42 heavy (non-hydrogen) atoms. The van der Waals surface area contributed by atoms with Gasteiger partial charge in [0.25, 0.3) is 11.7 Å². The van der Waals surface area contributed by atoms with Gasteiger partial charge in [0.1, 0.15) is 17.6 Å². The van der Waals surface area contributed by atoms with Crippen molar-refractivity contribution in [2.24, 2.45) is 5.92 Å². The van der Waals surface area contributed by atoms with Crippen LogP contribution in [0.25, 0.3) is 5.76 Å². The molecule has 1 N–H and O–H groups in total. The molecule has 0 spiro atoms. The van der Waals surface area contributed by atoms with Crippen LogP contribution in [0.5, 0.6) is 17.2 Å². The Kier molecular flexibility index (Phi) is 8.85. The second kappa shape index (κ2) is 12.7. The minimum atomic E-state index is -0.792. The SMILES string of the molecule is CCOc1cc([C@H]2/C(=C(\O)c3ccc4c(c3)C[C@@H](C)O4)C(=O)C(=O)N2CCCn2ccnc2)ccc1OCCC(C)C. The normalized spacial score (nSPS) is 19.3. The first-order valence-electron chi connectivity index (χ1n) is 14.7. The fourth-order valence-electron chi connectivity index (χ4n) is 5.51. The Labute approximate surface area is 246 Å². The van der Waals surface area contributed by atoms with Crippen LogP contribution in [0.3, 0.4) is 0 Å². The average molecular weight is 574 g/mol. The molecule has 3 heterocycles. The number of carbonyl (C=O) groups excluding carboxylic acids is 2. The number of fused-ring (bicyclic) bond motifs is 1. The molecule has 222 valence electrons. The number of aromatic nitrogens is 2. The van der Waals surface area contributed by atoms with E-state index in [1.54, 1.807) is 29.6 Å². The summed E-state index contributed by atoms with van der Waals surface area (Å²) in [5.74, 6) is 0.854. The van der Waals surface area contributed by atoms with E-state index in [1.165, 1.54) is 0 Å². The summed E-state index contributed by atoms with van der Waals surface area (Å²) in [4.78, 5) is 32.7. The quantitative estimate of drug-likeness (QED) is 0.172. The van der Waals surface area contributed by atoms with Crippen molar-refractivity contribution < 1.29 is 28.9 Å². The van der Waals surface area contributed by atoms with Crippen molar-refractivity contribution in [1.82, 2.24) is 14.5 Å². The zero-order chi connectivity index (χ0) is 29.8. The third-order valence-corrected chi connectivity index (χ3v) is 7.62. The van der Waals surface area contributed by atoms with E-state index in [4.69, 9.17) is 14.2 Å². The first-order valence-corrected chi connectivity index (χ1v) is 14.7. The molecule has 0 radical (unpaired) electrons. The van der Waals surface area contributed by atoms with Crippen LogP contribution in [0.4, 0.5) is 0 Å². The number of Topliss-reactive ketones (excluding diaryl/α,β-unsaturated/α-hetero) is 1. The Morgan fingerprint density at radius 2 is 1.95 bits per heavy atom. The predicted molar refractivity (Wildman–Crippen MR) is 159 cm³/mol. The highest BCUT2D eigenvalue weighted by atomic mass is 16.5. The van der Waals surface area contributed by atoms with Crippen molar-refractivity contribution in [3.05, 3.63) is 77.4 Å². The Morgan fingerprint density at radius 3 is 2.69 bits per heavy atom. The van der Waals surface area contributed by atoms with Crippen LogP contribution >= 0.6 is 0 Å². The van der Waals surface area contributed by atoms with Gasteiger partial charge in [0.2, 0.25) is 0 Å². The Hall–Kier alpha value is -4.27. The minimum absolute atomic E-state index is 0.0386. The standard InChI is InChI=1S/C33H39N3O6/c1-5-40-28-19-23(7-10-27(28)41-16-11-21(2)3)30-29(31(37)24-8-9-26-25(18-24)17-22(4)42-26)32(38)33(39)36(30)14-6-13-35-15-12-34-20-35/h7-10,12,15,18-22,30,37H,5-6,11,13-14,16-17H2,1-4H3/b31-29+/t22-,30+/m1/s1. The van der Waals surface area contributed by atoms with Gasteiger partial charge in [-0.15, -0.1) is 0 Å². The molecule has 2 atom stereocenters. The van der Waals surface area contributed by atoms with Crippen LogP contribution in [0, 0.1) is 5.92 Å². The van der Waals surface area contributed by atoms with Gasteiger partial charge < -0.3 is 28.8 Å². The van der Waals surface area contributed by atoms with Gasteiger partial charge in [0.15, 0.2) is 11.5 Å². The number of hydrogen-bond acceptors (Lipinski definition) is 7. The van der Waals surface area contributed by atoms with Crippen molar-refractivity contribution in [2.75, 3.05) is 19.8 Å². The van der Waals surface area contributed by atoms with Crippen LogP contribution in [0.2, 0.25) is 0 Å². The van der Waals surface area contributed by atoms with Gasteiger partial charge >= 0.3 is 0 Å². The number of ketones is 1. The number of rotatable bonds is 12. The number of aliphatic hydroxyl groups is 1. The zero-order valence-corrected chi connectivity index (χ0v) is 24.7. The molecule has 9 heteroatoms. The molecular formula is C33H39N3O6. The molecular weight excluding hydrogens is 534 g/mol. The molecule has 0 aliphatic carbocycles. The lowest BCUT2D eigenvalue weighted by Gasteiger charge is -2.26. The molecule has 5 rings (SSSR count). The van der Waals surface area contributed by atoms with Gasteiger partial charge in [0, 0.05) is 37.5 Å². The maximum absolute atomic E-state index is 13.6. The van der Waals surface area contributed by atoms with E-state index < -0.39 is 17.7 Å². The smallest absolute Gasteiger partial charge is 0.295 e. The summed E-state index contributed by atoms with van der Waals surface area (Å²) in [6, 6.07) is 10.1. The second-order valence-corrected chi connectivity index (χ2v) is 11.3. The van der Waals surface area contributed by atoms with E-state index in [9.17, 15) is 14.7 Å². The largest absolute Gasteiger partial charge is 0.507 e. The van der Waals surface area contributed by atoms with Gasteiger partial charge in [-0.2, -0.15) is 0 Å². The highest BCUT2D eigenvalue weighted by molar-refractivity contribution is 6.46. The fourth-order valence-corrected chi connectivity index (χ4v) is 5.51. The number of hydrogen-bond donors (Lipinski definition) is 1. The van der Waals surface area contributed by atoms with Crippen LogP contribution < -0.4 is 14.2 Å². The maximum Gasteiger partial charge on any atom is 0.295 e. The van der Waals surface area contributed by atoms with Gasteiger partial charge in [-0.3, -0.25) is 9.59 Å². The molecule has 3 aromatic rings. The van der Waals surface area contributed by atoms with Crippen molar-refractivity contribution in [2.45, 2.75) is 65.6 Å². The topological polar surface area (TPSA) is 103 Å². The minimum Gasteiger partial charge on any atom is -0.507 e. The van der Waals surface area contributed by atoms with Crippen LogP contribution in [-0.2, 0) is 22.6 Å². The number of aliphatic hydroxyl groups excluding tert-OH is 1. The van der Waals surface area contributed by atoms with Crippen LogP contribution in [-0.4, -0.2) is 57.1 Å². The molecule has 0 saturated carbocycles. The van der Waals surface area contributed by atoms with Crippen molar-refractivity contribution in [1.29, 1.82) is 0 Å². The number of imidazole rings is 1. The number of benzene rings is 2. The summed E-state index contributed by atoms with van der Waals surface area (Å²) in [6.07, 6.45) is 7.52. The summed E-state index contributed by atoms with van der Waals surface area (Å²) in [5.41, 5.74) is 2.16. The maximum atomic E-state index is 13.6. The summed E-state index contributed by atoms with van der Waals surface area (Å²) < 4.78 is 19.7. The van der Waals surface area contributed by atoms with Gasteiger partial charge in [-0.1, -0.05) is 19.9 Å². The zero-order valence-electron chi connectivity index (χ0n) is 24.7. The summed E-state index contributed by atoms with van der Waals surface area (Å²) >= 11 is 0. The third-order valence-electron chi connectivity index (χ3n) is 7.62. The molecule has 2 aromatic carbocycles. The lowest BCUT2D eigenvalue weighted by atomic mass is 9.94. The monoisotopic (exact) mass is 573 g/mol. The van der Waals surface area contributed by atoms with Crippen molar-refractivity contribution in [3.8, 4) is 17.2 Å². The lowest BCUT2D eigenvalue weighted by Crippen LogP contribution is -2.31. The van der Waals surface area contributed by atoms with E-state index >= 15 is 0 Å². The molecule has 0 unspecified atom stereocenters.